The molecule has 1 heterocycles. The summed E-state index contributed by atoms with van der Waals surface area (Å²) in [5, 5.41) is 27.6. The number of amidine groups is 1. The number of aromatic nitrogens is 2. The first-order valence-corrected chi connectivity index (χ1v) is 6.09. The van der Waals surface area contributed by atoms with E-state index in [9.17, 15) is 9.90 Å². The van der Waals surface area contributed by atoms with E-state index in [1.165, 1.54) is 23.0 Å². The molecule has 0 saturated heterocycles. The van der Waals surface area contributed by atoms with Gasteiger partial charge in [-0.2, -0.15) is 5.10 Å². The van der Waals surface area contributed by atoms with Crippen LogP contribution in [0.15, 0.2) is 35.6 Å². The Balaban J connectivity index is 2.15. The standard InChI is InChI=1S/C13H15N5O3/c1-18-13(10(7-15-18)12(14)17-21)16-11(20)6-8-3-2-4-9(19)5-8/h2-5,7,19,21H,6H2,1H3,(H2,14,17)(H,16,20). The predicted octanol–water partition coefficient (Wildman–Crippen LogP) is 0.401. The highest BCUT2D eigenvalue weighted by molar-refractivity contribution is 6.04. The van der Waals surface area contributed by atoms with E-state index in [1.807, 2.05) is 0 Å². The van der Waals surface area contributed by atoms with Crippen LogP contribution in [0.3, 0.4) is 0 Å². The minimum absolute atomic E-state index is 0.0786. The van der Waals surface area contributed by atoms with Gasteiger partial charge in [0.25, 0.3) is 0 Å². The number of oxime groups is 1. The van der Waals surface area contributed by atoms with Gasteiger partial charge in [-0.15, -0.1) is 0 Å². The van der Waals surface area contributed by atoms with Crippen LogP contribution in [0.1, 0.15) is 11.1 Å². The molecular weight excluding hydrogens is 274 g/mol. The Morgan fingerprint density at radius 1 is 1.52 bits per heavy atom. The Morgan fingerprint density at radius 3 is 2.95 bits per heavy atom. The maximum absolute atomic E-state index is 12.0. The van der Waals surface area contributed by atoms with Gasteiger partial charge in [0.05, 0.1) is 18.2 Å². The smallest absolute Gasteiger partial charge is 0.229 e. The normalized spacial score (nSPS) is 11.4. The summed E-state index contributed by atoms with van der Waals surface area (Å²) in [6, 6.07) is 6.42. The molecule has 5 N–H and O–H groups in total. The fourth-order valence-corrected chi connectivity index (χ4v) is 1.86. The summed E-state index contributed by atoms with van der Waals surface area (Å²) in [4.78, 5) is 12.0. The van der Waals surface area contributed by atoms with Gasteiger partial charge in [0.1, 0.15) is 11.6 Å². The zero-order valence-electron chi connectivity index (χ0n) is 11.3. The van der Waals surface area contributed by atoms with E-state index < -0.39 is 0 Å². The number of aromatic hydroxyl groups is 1. The van der Waals surface area contributed by atoms with Crippen LogP contribution in [0.4, 0.5) is 5.82 Å². The molecule has 21 heavy (non-hydrogen) atoms. The molecule has 0 aliphatic carbocycles. The number of phenols is 1. The lowest BCUT2D eigenvalue weighted by Crippen LogP contribution is -2.21. The van der Waals surface area contributed by atoms with Gasteiger partial charge < -0.3 is 21.4 Å². The van der Waals surface area contributed by atoms with Crippen molar-refractivity contribution in [1.29, 1.82) is 0 Å². The molecule has 0 aliphatic rings. The maximum atomic E-state index is 12.0. The van der Waals surface area contributed by atoms with Crippen molar-refractivity contribution >= 4 is 17.6 Å². The third-order valence-corrected chi connectivity index (χ3v) is 2.86. The first-order valence-electron chi connectivity index (χ1n) is 6.09. The van der Waals surface area contributed by atoms with Crippen LogP contribution in [-0.4, -0.2) is 31.8 Å². The highest BCUT2D eigenvalue weighted by Gasteiger charge is 2.15. The van der Waals surface area contributed by atoms with Gasteiger partial charge >= 0.3 is 0 Å². The molecule has 0 fully saturated rings. The van der Waals surface area contributed by atoms with Crippen LogP contribution in [0.5, 0.6) is 5.75 Å². The van der Waals surface area contributed by atoms with Crippen LogP contribution in [0, 0.1) is 0 Å². The average molecular weight is 289 g/mol. The number of hydrogen-bond acceptors (Lipinski definition) is 5. The van der Waals surface area contributed by atoms with Crippen molar-refractivity contribution in [3.63, 3.8) is 0 Å². The Kier molecular flexibility index (Phi) is 4.07. The number of carbonyl (C=O) groups excluding carboxylic acids is 1. The van der Waals surface area contributed by atoms with E-state index in [1.54, 1.807) is 19.2 Å². The Bertz CT molecular complexity index is 693. The van der Waals surface area contributed by atoms with Crippen LogP contribution in [0.2, 0.25) is 0 Å². The molecule has 1 aromatic carbocycles. The van der Waals surface area contributed by atoms with E-state index >= 15 is 0 Å². The van der Waals surface area contributed by atoms with Crippen molar-refractivity contribution < 1.29 is 15.1 Å². The maximum Gasteiger partial charge on any atom is 0.229 e. The number of nitrogens with one attached hydrogen (secondary N) is 1. The lowest BCUT2D eigenvalue weighted by Gasteiger charge is -2.08. The Labute approximate surface area is 120 Å². The van der Waals surface area contributed by atoms with Crippen molar-refractivity contribution in [3.05, 3.63) is 41.6 Å². The molecule has 0 spiro atoms. The zero-order valence-corrected chi connectivity index (χ0v) is 11.3. The number of nitrogens with two attached hydrogens (primary N) is 1. The fourth-order valence-electron chi connectivity index (χ4n) is 1.86. The Morgan fingerprint density at radius 2 is 2.29 bits per heavy atom. The van der Waals surface area contributed by atoms with Gasteiger partial charge in [-0.25, -0.2) is 0 Å². The lowest BCUT2D eigenvalue weighted by atomic mass is 10.1. The summed E-state index contributed by atoms with van der Waals surface area (Å²) >= 11 is 0. The van der Waals surface area contributed by atoms with Crippen molar-refractivity contribution in [2.45, 2.75) is 6.42 Å². The molecule has 0 saturated carbocycles. The minimum atomic E-state index is -0.309. The van der Waals surface area contributed by atoms with Gasteiger partial charge in [0, 0.05) is 7.05 Å². The first kappa shape index (κ1) is 14.4. The van der Waals surface area contributed by atoms with Crippen molar-refractivity contribution in [2.24, 2.45) is 17.9 Å². The third-order valence-electron chi connectivity index (χ3n) is 2.86. The molecule has 1 aromatic heterocycles. The Hall–Kier alpha value is -3.03. The van der Waals surface area contributed by atoms with Gasteiger partial charge in [-0.05, 0) is 17.7 Å². The number of carbonyl (C=O) groups is 1. The van der Waals surface area contributed by atoms with Crippen molar-refractivity contribution in [1.82, 2.24) is 9.78 Å². The molecule has 1 amide bonds. The number of phenolic OH excluding ortho intramolecular Hbond substituents is 1. The first-order chi connectivity index (χ1) is 10.0. The largest absolute Gasteiger partial charge is 0.508 e. The summed E-state index contributed by atoms with van der Waals surface area (Å²) in [5.41, 5.74) is 6.51. The van der Waals surface area contributed by atoms with Crippen LogP contribution in [0.25, 0.3) is 0 Å². The van der Waals surface area contributed by atoms with E-state index in [2.05, 4.69) is 15.6 Å². The summed E-state index contributed by atoms with van der Waals surface area (Å²) in [6.07, 6.45) is 1.47. The fraction of sp³-hybridized carbons (Fsp3) is 0.154. The molecule has 0 radical (unpaired) electrons. The number of nitrogens with zero attached hydrogens (tertiary/aromatic N) is 3. The second-order valence-corrected chi connectivity index (χ2v) is 4.41. The molecule has 0 bridgehead atoms. The number of aryl methyl sites for hydroxylation is 1. The monoisotopic (exact) mass is 289 g/mol. The van der Waals surface area contributed by atoms with Gasteiger partial charge in [0.15, 0.2) is 5.84 Å². The second-order valence-electron chi connectivity index (χ2n) is 4.41. The minimum Gasteiger partial charge on any atom is -0.508 e. The lowest BCUT2D eigenvalue weighted by molar-refractivity contribution is -0.115. The SMILES string of the molecule is Cn1ncc(C(N)=NO)c1NC(=O)Cc1cccc(O)c1. The number of anilines is 1. The van der Waals surface area contributed by atoms with Crippen molar-refractivity contribution in [3.8, 4) is 5.75 Å². The molecule has 0 aliphatic heterocycles. The second kappa shape index (κ2) is 5.95. The third kappa shape index (κ3) is 3.30. The molecular formula is C13H15N5O3. The topological polar surface area (TPSA) is 126 Å². The van der Waals surface area contributed by atoms with Crippen LogP contribution in [-0.2, 0) is 18.3 Å². The van der Waals surface area contributed by atoms with Gasteiger partial charge in [-0.3, -0.25) is 9.48 Å². The van der Waals surface area contributed by atoms with E-state index in [4.69, 9.17) is 10.9 Å². The van der Waals surface area contributed by atoms with Gasteiger partial charge in [0.2, 0.25) is 5.91 Å². The molecule has 110 valence electrons. The highest BCUT2D eigenvalue weighted by Crippen LogP contribution is 2.15. The van der Waals surface area contributed by atoms with Crippen LogP contribution < -0.4 is 11.1 Å². The van der Waals surface area contributed by atoms with Crippen molar-refractivity contribution in [2.75, 3.05) is 5.32 Å². The average Bonchev–Trinajstić information content (AvgIpc) is 2.79. The number of benzene rings is 1. The molecule has 0 atom stereocenters. The van der Waals surface area contributed by atoms with Gasteiger partial charge in [-0.1, -0.05) is 17.3 Å². The number of amides is 1. The summed E-state index contributed by atoms with van der Waals surface area (Å²) in [5.74, 6) is -0.0272. The summed E-state index contributed by atoms with van der Waals surface area (Å²) in [6.45, 7) is 0. The molecule has 2 rings (SSSR count). The quantitative estimate of drug-likeness (QED) is 0.280. The molecule has 2 aromatic rings. The zero-order chi connectivity index (χ0) is 15.4. The molecule has 8 nitrogen and oxygen atoms in total. The highest BCUT2D eigenvalue weighted by atomic mass is 16.4. The summed E-state index contributed by atoms with van der Waals surface area (Å²) < 4.78 is 1.41. The number of rotatable bonds is 4. The molecule has 0 unspecified atom stereocenters. The van der Waals surface area contributed by atoms with Crippen LogP contribution >= 0.6 is 0 Å². The predicted molar refractivity (Wildman–Crippen MR) is 76.2 cm³/mol. The number of hydrogen-bond donors (Lipinski definition) is 4. The van der Waals surface area contributed by atoms with E-state index in [0.717, 1.165) is 0 Å². The van der Waals surface area contributed by atoms with E-state index in [0.29, 0.717) is 16.9 Å². The van der Waals surface area contributed by atoms with E-state index in [-0.39, 0.29) is 23.9 Å². The summed E-state index contributed by atoms with van der Waals surface area (Å²) in [7, 11) is 1.62. The molecule has 8 heteroatoms.